The Balaban J connectivity index is 1.53. The van der Waals surface area contributed by atoms with Crippen LogP contribution in [0.1, 0.15) is 212 Å². The van der Waals surface area contributed by atoms with Crippen LogP contribution >= 0.6 is 0 Å². The molecule has 0 unspecified atom stereocenters. The summed E-state index contributed by atoms with van der Waals surface area (Å²) in [6, 6.07) is -2.09. The maximum absolute atomic E-state index is 14.5. The Hall–Kier alpha value is -11.0. The predicted octanol–water partition coefficient (Wildman–Crippen LogP) is 1.41. The first-order valence-corrected chi connectivity index (χ1v) is 42.7. The second-order valence-corrected chi connectivity index (χ2v) is 31.8. The Morgan fingerprint density at radius 3 is 0.992 bits per heavy atom. The molecule has 9 amide bonds. The zero-order valence-corrected chi connectivity index (χ0v) is 75.4. The van der Waals surface area contributed by atoms with Crippen molar-refractivity contribution in [3.8, 4) is 5.75 Å². The fourth-order valence-corrected chi connectivity index (χ4v) is 13.8. The molecule has 720 valence electrons. The number of esters is 9. The van der Waals surface area contributed by atoms with E-state index in [2.05, 4.69) is 47.9 Å². The van der Waals surface area contributed by atoms with E-state index < -0.39 is 255 Å². The molecule has 44 nitrogen and oxygen atoms in total. The molecule has 44 heteroatoms. The number of alkyl carbamates (subject to hydrolysis) is 1. The summed E-state index contributed by atoms with van der Waals surface area (Å²) in [5.41, 5.74) is -0.546. The number of phenolic OH excluding ortho intramolecular Hbond substituents is 1. The van der Waals surface area contributed by atoms with E-state index in [0.29, 0.717) is 82.6 Å². The number of unbranched alkanes of at least 4 members (excludes halogenated alkanes) is 9. The minimum absolute atomic E-state index is 0.00211. The lowest BCUT2D eigenvalue weighted by Crippen LogP contribution is -2.66. The van der Waals surface area contributed by atoms with Gasteiger partial charge in [-0.2, -0.15) is 0 Å². The number of benzene rings is 1. The number of rotatable bonds is 53. The molecule has 1 aromatic rings. The second-order valence-electron chi connectivity index (χ2n) is 31.8. The number of aromatic hydroxyl groups is 1. The summed E-state index contributed by atoms with van der Waals surface area (Å²) < 4.78 is 90.5. The van der Waals surface area contributed by atoms with Gasteiger partial charge in [-0.25, -0.2) is 4.79 Å². The standard InChI is InChI=1S/C84H129N9O35/c1-46(94)88-68-74(122-55(10)103)71(119-52(7)100)63(43-116-49(4)97)125-80(68)113-39-25-19-16-22-36-85-66(107)34-32-60(77(109)86-37-23-17-20-26-40-114-81-69(89-47(2)95)75(123-56(11)104)72(120-53(8)101)64(126-81)44-117-50(5)98)91-67(108)35-33-61(92-79(111)62(93-83(112)128-84(13,14)15)42-58-28-30-59(106)31-29-58)78(110)87-38-24-18-21-27-41-115-82-70(90-48(3)96)76(124-57(12)105)73(121-54(9)102)65(127-82)45-118-51(6)99/h28-31,60-65,68-76,80-82,106H,16-27,32-45H2,1-15H3,(H,85,107)(H,86,109)(H,87,110)(H,88,94)(H,89,95)(H,90,96)(H,91,108)(H,92,111)(H,93,112)/t60-,61-,62-,63+,64+,65+,68+,69+,70+,71-,72-,73-,74+,75+,76+,80+,81+,82+/m0/s1. The first-order chi connectivity index (χ1) is 60.4. The summed E-state index contributed by atoms with van der Waals surface area (Å²) in [5.74, 6) is -12.2. The summed E-state index contributed by atoms with van der Waals surface area (Å²) in [6.07, 6.45) is -12.8. The van der Waals surface area contributed by atoms with Crippen molar-refractivity contribution in [2.45, 2.75) is 329 Å². The fourth-order valence-electron chi connectivity index (χ4n) is 13.8. The lowest BCUT2D eigenvalue weighted by Gasteiger charge is -2.44. The Labute approximate surface area is 742 Å². The van der Waals surface area contributed by atoms with Gasteiger partial charge in [0.05, 0.1) is 0 Å². The summed E-state index contributed by atoms with van der Waals surface area (Å²) in [7, 11) is 0. The van der Waals surface area contributed by atoms with Crippen molar-refractivity contribution in [2.24, 2.45) is 0 Å². The van der Waals surface area contributed by atoms with Crippen LogP contribution in [0, 0.1) is 0 Å². The van der Waals surface area contributed by atoms with Crippen molar-refractivity contribution in [3.05, 3.63) is 29.8 Å². The summed E-state index contributed by atoms with van der Waals surface area (Å²) in [6.45, 7) is 17.5. The number of hydrogen-bond acceptors (Lipinski definition) is 35. The normalized spacial score (nSPS) is 22.5. The molecule has 1 aromatic carbocycles. The highest BCUT2D eigenvalue weighted by atomic mass is 16.7. The van der Waals surface area contributed by atoms with Gasteiger partial charge in [0, 0.05) is 142 Å². The average Bonchev–Trinajstić information content (AvgIpc) is 0.794. The van der Waals surface area contributed by atoms with Crippen molar-refractivity contribution in [1.82, 2.24) is 47.9 Å². The van der Waals surface area contributed by atoms with E-state index in [1.165, 1.54) is 45.0 Å². The Kier molecular flexibility index (Phi) is 48.8. The molecule has 10 N–H and O–H groups in total. The molecule has 3 aliphatic rings. The molecule has 128 heavy (non-hydrogen) atoms. The Morgan fingerprint density at radius 1 is 0.359 bits per heavy atom. The van der Waals surface area contributed by atoms with Gasteiger partial charge in [-0.1, -0.05) is 50.7 Å². The molecule has 0 saturated carbocycles. The van der Waals surface area contributed by atoms with Gasteiger partial charge in [-0.3, -0.25) is 81.5 Å². The van der Waals surface area contributed by atoms with Crippen LogP contribution in [0.15, 0.2) is 24.3 Å². The van der Waals surface area contributed by atoms with Crippen LogP contribution in [0.4, 0.5) is 4.79 Å². The number of amides is 9. The molecule has 0 radical (unpaired) electrons. The lowest BCUT2D eigenvalue weighted by molar-refractivity contribution is -0.277. The van der Waals surface area contributed by atoms with Crippen molar-refractivity contribution in [2.75, 3.05) is 59.3 Å². The van der Waals surface area contributed by atoms with Crippen LogP contribution in [0.2, 0.25) is 0 Å². The smallest absolute Gasteiger partial charge is 0.408 e. The molecular weight excluding hydrogens is 1690 g/mol. The van der Waals surface area contributed by atoms with Gasteiger partial charge in [0.2, 0.25) is 47.3 Å². The molecule has 3 heterocycles. The molecule has 0 aromatic heterocycles. The predicted molar refractivity (Wildman–Crippen MR) is 442 cm³/mol. The molecule has 3 aliphatic heterocycles. The van der Waals surface area contributed by atoms with E-state index in [0.717, 1.165) is 62.3 Å². The van der Waals surface area contributed by atoms with Crippen LogP contribution in [-0.4, -0.2) is 287 Å². The number of nitrogens with one attached hydrogen (secondary N) is 9. The Bertz CT molecular complexity index is 3850. The van der Waals surface area contributed by atoms with Gasteiger partial charge in [-0.15, -0.1) is 0 Å². The minimum Gasteiger partial charge on any atom is -0.508 e. The number of phenols is 1. The van der Waals surface area contributed by atoms with E-state index in [4.69, 9.17) is 75.8 Å². The van der Waals surface area contributed by atoms with Gasteiger partial charge in [0.15, 0.2) is 55.5 Å². The molecular formula is C84H129N9O35. The fraction of sp³-hybridized carbons (Fsp3) is 0.714. The van der Waals surface area contributed by atoms with E-state index in [9.17, 15) is 91.4 Å². The molecule has 0 spiro atoms. The third kappa shape index (κ3) is 43.2. The van der Waals surface area contributed by atoms with Gasteiger partial charge >= 0.3 is 59.8 Å². The topological polar surface area (TPSA) is 583 Å². The number of carbonyl (C=O) groups is 18. The van der Waals surface area contributed by atoms with Crippen LogP contribution in [0.5, 0.6) is 5.75 Å². The molecule has 18 atom stereocenters. The van der Waals surface area contributed by atoms with Gasteiger partial charge < -0.3 is 129 Å². The highest BCUT2D eigenvalue weighted by Gasteiger charge is 2.55. The number of carbonyl (C=O) groups excluding carboxylic acids is 18. The van der Waals surface area contributed by atoms with E-state index in [1.807, 2.05) is 0 Å². The van der Waals surface area contributed by atoms with Gasteiger partial charge in [-0.05, 0) is 89.8 Å². The highest BCUT2D eigenvalue weighted by molar-refractivity contribution is 5.93. The average molecular weight is 1820 g/mol. The van der Waals surface area contributed by atoms with E-state index in [1.54, 1.807) is 20.8 Å². The maximum atomic E-state index is 14.5. The molecule has 0 aliphatic carbocycles. The monoisotopic (exact) mass is 1820 g/mol. The molecule has 0 bridgehead atoms. The zero-order valence-electron chi connectivity index (χ0n) is 75.4. The van der Waals surface area contributed by atoms with E-state index >= 15 is 0 Å². The van der Waals surface area contributed by atoms with Crippen LogP contribution in [0.25, 0.3) is 0 Å². The highest BCUT2D eigenvalue weighted by Crippen LogP contribution is 2.32. The molecule has 3 fully saturated rings. The lowest BCUT2D eigenvalue weighted by atomic mass is 9.96. The van der Waals surface area contributed by atoms with Crippen molar-refractivity contribution < 1.29 is 167 Å². The molecule has 3 saturated heterocycles. The second kappa shape index (κ2) is 57.1. The zero-order chi connectivity index (χ0) is 95.3. The van der Waals surface area contributed by atoms with Gasteiger partial charge in [0.25, 0.3) is 0 Å². The van der Waals surface area contributed by atoms with Crippen molar-refractivity contribution in [3.63, 3.8) is 0 Å². The third-order valence-corrected chi connectivity index (χ3v) is 19.2. The summed E-state index contributed by atoms with van der Waals surface area (Å²) in [4.78, 5) is 231. The quantitative estimate of drug-likeness (QED) is 0.0250. The van der Waals surface area contributed by atoms with Crippen LogP contribution in [-0.2, 0) is 164 Å². The maximum Gasteiger partial charge on any atom is 0.408 e. The summed E-state index contributed by atoms with van der Waals surface area (Å²) >= 11 is 0. The number of ether oxygens (including phenoxy) is 16. The Morgan fingerprint density at radius 2 is 0.672 bits per heavy atom. The number of hydrogen-bond donors (Lipinski definition) is 10. The van der Waals surface area contributed by atoms with Crippen molar-refractivity contribution >= 4 is 107 Å². The van der Waals surface area contributed by atoms with Crippen LogP contribution < -0.4 is 47.9 Å². The van der Waals surface area contributed by atoms with Crippen LogP contribution in [0.3, 0.4) is 0 Å². The summed E-state index contributed by atoms with van der Waals surface area (Å²) in [5, 5.41) is 34.3. The van der Waals surface area contributed by atoms with Crippen molar-refractivity contribution in [1.29, 1.82) is 0 Å². The minimum atomic E-state index is -1.49. The SMILES string of the molecule is CC(=O)N[C@H]1[C@H](OCCCCCCNC(=O)CC[C@H](NC(=O)CC[C@H](NC(=O)[C@H](Cc2ccc(O)cc2)NC(=O)OC(C)(C)C)C(=O)NCCCCCCO[C@@H]2O[C@H](COC(C)=O)[C@H](OC(C)=O)[C@H](OC(C)=O)[C@H]2NC(C)=O)C(=O)NCCCCCCO[C@@H]2O[C@H](COC(C)=O)[C@H](OC(C)=O)[C@H](OC(C)=O)[C@H]2NC(C)=O)O[C@H](COC(C)=O)[C@H](OC(C)=O)[C@@H]1OC(C)=O. The first kappa shape index (κ1) is 109. The van der Waals surface area contributed by atoms with E-state index in [-0.39, 0.29) is 64.5 Å². The third-order valence-electron chi connectivity index (χ3n) is 19.2. The first-order valence-electron chi connectivity index (χ1n) is 42.7. The van der Waals surface area contributed by atoms with Gasteiger partial charge in [0.1, 0.15) is 85.7 Å². The largest absolute Gasteiger partial charge is 0.508 e. The molecule has 4 rings (SSSR count).